The summed E-state index contributed by atoms with van der Waals surface area (Å²) < 4.78 is 0. The van der Waals surface area contributed by atoms with Gasteiger partial charge in [-0.25, -0.2) is 9.97 Å². The Morgan fingerprint density at radius 1 is 1.38 bits per heavy atom. The number of rotatable bonds is 1. The summed E-state index contributed by atoms with van der Waals surface area (Å²) in [5, 5.41) is 0. The SMILES string of the molecule is CC(C)c1nc(N)nc2[nH]cnc12. The zero-order valence-corrected chi connectivity index (χ0v) is 7.57. The van der Waals surface area contributed by atoms with Crippen LogP contribution in [-0.4, -0.2) is 19.9 Å². The molecule has 3 N–H and O–H groups in total. The maximum atomic E-state index is 5.55. The summed E-state index contributed by atoms with van der Waals surface area (Å²) in [6.07, 6.45) is 1.60. The number of fused-ring (bicyclic) bond motifs is 1. The van der Waals surface area contributed by atoms with Crippen molar-refractivity contribution in [3.63, 3.8) is 0 Å². The van der Waals surface area contributed by atoms with E-state index in [0.29, 0.717) is 17.5 Å². The Labute approximate surface area is 75.4 Å². The van der Waals surface area contributed by atoms with E-state index in [9.17, 15) is 0 Å². The molecular formula is C8H11N5. The normalized spacial score (nSPS) is 11.3. The lowest BCUT2D eigenvalue weighted by molar-refractivity contribution is 0.828. The molecule has 0 amide bonds. The summed E-state index contributed by atoms with van der Waals surface area (Å²) in [7, 11) is 0. The Kier molecular flexibility index (Phi) is 1.65. The summed E-state index contributed by atoms with van der Waals surface area (Å²) in [6.45, 7) is 4.10. The second-order valence-corrected chi connectivity index (χ2v) is 3.22. The van der Waals surface area contributed by atoms with Crippen molar-refractivity contribution in [2.24, 2.45) is 0 Å². The number of nitrogens with zero attached hydrogens (tertiary/aromatic N) is 3. The molecule has 0 saturated carbocycles. The Balaban J connectivity index is 2.77. The van der Waals surface area contributed by atoms with E-state index < -0.39 is 0 Å². The van der Waals surface area contributed by atoms with Gasteiger partial charge in [0, 0.05) is 0 Å². The number of aromatic amines is 1. The molecule has 2 rings (SSSR count). The van der Waals surface area contributed by atoms with Gasteiger partial charge in [-0.1, -0.05) is 13.8 Å². The molecule has 2 aromatic rings. The number of nitrogens with two attached hydrogens (primary N) is 1. The number of imidazole rings is 1. The minimum Gasteiger partial charge on any atom is -0.368 e. The average Bonchev–Trinajstić information content (AvgIpc) is 2.49. The standard InChI is InChI=1S/C8H11N5/c1-4(2)5-6-7(11-3-10-6)13-8(9)12-5/h3-4H,1-2H3,(H3,9,10,11,12,13). The van der Waals surface area contributed by atoms with Gasteiger partial charge in [0.1, 0.15) is 5.52 Å². The Morgan fingerprint density at radius 3 is 2.85 bits per heavy atom. The third-order valence-electron chi connectivity index (χ3n) is 1.87. The fourth-order valence-electron chi connectivity index (χ4n) is 1.28. The van der Waals surface area contributed by atoms with Crippen molar-refractivity contribution >= 4 is 17.1 Å². The molecule has 2 heterocycles. The molecule has 0 bridgehead atoms. The lowest BCUT2D eigenvalue weighted by Crippen LogP contribution is -2.01. The van der Waals surface area contributed by atoms with Gasteiger partial charge < -0.3 is 10.7 Å². The van der Waals surface area contributed by atoms with Crippen LogP contribution in [0.5, 0.6) is 0 Å². The van der Waals surface area contributed by atoms with E-state index in [-0.39, 0.29) is 0 Å². The van der Waals surface area contributed by atoms with Crippen molar-refractivity contribution in [1.82, 2.24) is 19.9 Å². The zero-order chi connectivity index (χ0) is 9.42. The summed E-state index contributed by atoms with van der Waals surface area (Å²) in [5.74, 6) is 0.594. The van der Waals surface area contributed by atoms with Crippen LogP contribution < -0.4 is 5.73 Å². The first-order chi connectivity index (χ1) is 6.18. The van der Waals surface area contributed by atoms with E-state index in [1.54, 1.807) is 6.33 Å². The number of anilines is 1. The predicted molar refractivity (Wildman–Crippen MR) is 50.2 cm³/mol. The lowest BCUT2D eigenvalue weighted by atomic mass is 10.1. The highest BCUT2D eigenvalue weighted by Gasteiger charge is 2.10. The first-order valence-electron chi connectivity index (χ1n) is 4.15. The fraction of sp³-hybridized carbons (Fsp3) is 0.375. The largest absolute Gasteiger partial charge is 0.368 e. The van der Waals surface area contributed by atoms with E-state index in [2.05, 4.69) is 33.8 Å². The monoisotopic (exact) mass is 177 g/mol. The average molecular weight is 177 g/mol. The second-order valence-electron chi connectivity index (χ2n) is 3.22. The molecule has 5 nitrogen and oxygen atoms in total. The smallest absolute Gasteiger partial charge is 0.222 e. The molecule has 0 aliphatic rings. The van der Waals surface area contributed by atoms with Crippen LogP contribution in [0.15, 0.2) is 6.33 Å². The molecule has 0 spiro atoms. The third kappa shape index (κ3) is 1.22. The van der Waals surface area contributed by atoms with E-state index in [1.807, 2.05) is 0 Å². The highest BCUT2D eigenvalue weighted by Crippen LogP contribution is 2.19. The van der Waals surface area contributed by atoms with Crippen LogP contribution in [0.2, 0.25) is 0 Å². The van der Waals surface area contributed by atoms with E-state index in [0.717, 1.165) is 11.2 Å². The van der Waals surface area contributed by atoms with E-state index in [1.165, 1.54) is 0 Å². The van der Waals surface area contributed by atoms with Crippen molar-refractivity contribution in [2.75, 3.05) is 5.73 Å². The van der Waals surface area contributed by atoms with Gasteiger partial charge in [0.2, 0.25) is 5.95 Å². The number of hydrogen-bond donors (Lipinski definition) is 2. The summed E-state index contributed by atoms with van der Waals surface area (Å²) in [4.78, 5) is 15.2. The van der Waals surface area contributed by atoms with Gasteiger partial charge in [0.15, 0.2) is 5.65 Å². The van der Waals surface area contributed by atoms with Crippen LogP contribution in [0.3, 0.4) is 0 Å². The number of aromatic nitrogens is 4. The summed E-state index contributed by atoms with van der Waals surface area (Å²) in [5.41, 5.74) is 7.96. The molecule has 2 aromatic heterocycles. The molecule has 0 radical (unpaired) electrons. The molecule has 0 unspecified atom stereocenters. The first kappa shape index (κ1) is 7.97. The minimum atomic E-state index is 0.292. The van der Waals surface area contributed by atoms with Crippen molar-refractivity contribution in [1.29, 1.82) is 0 Å². The van der Waals surface area contributed by atoms with Gasteiger partial charge in [0.05, 0.1) is 12.0 Å². The molecule has 68 valence electrons. The fourth-order valence-corrected chi connectivity index (χ4v) is 1.28. The van der Waals surface area contributed by atoms with Crippen LogP contribution in [0.1, 0.15) is 25.5 Å². The first-order valence-corrected chi connectivity index (χ1v) is 4.15. The number of nitrogen functional groups attached to an aromatic ring is 1. The summed E-state index contributed by atoms with van der Waals surface area (Å²) >= 11 is 0. The van der Waals surface area contributed by atoms with Crippen molar-refractivity contribution in [2.45, 2.75) is 19.8 Å². The van der Waals surface area contributed by atoms with Gasteiger partial charge in [0.25, 0.3) is 0 Å². The van der Waals surface area contributed by atoms with E-state index in [4.69, 9.17) is 5.73 Å². The van der Waals surface area contributed by atoms with Gasteiger partial charge in [-0.15, -0.1) is 0 Å². The Bertz CT molecular complexity index is 431. The van der Waals surface area contributed by atoms with Crippen molar-refractivity contribution in [3.8, 4) is 0 Å². The molecule has 0 atom stereocenters. The minimum absolute atomic E-state index is 0.292. The number of H-pyrrole nitrogens is 1. The van der Waals surface area contributed by atoms with Gasteiger partial charge in [-0.05, 0) is 5.92 Å². The van der Waals surface area contributed by atoms with Gasteiger partial charge in [-0.3, -0.25) is 0 Å². The van der Waals surface area contributed by atoms with Crippen molar-refractivity contribution < 1.29 is 0 Å². The highest BCUT2D eigenvalue weighted by atomic mass is 15.1. The maximum absolute atomic E-state index is 5.55. The van der Waals surface area contributed by atoms with Crippen LogP contribution in [0.4, 0.5) is 5.95 Å². The van der Waals surface area contributed by atoms with Gasteiger partial charge >= 0.3 is 0 Å². The molecule has 0 aromatic carbocycles. The van der Waals surface area contributed by atoms with Crippen molar-refractivity contribution in [3.05, 3.63) is 12.0 Å². The number of nitrogens with one attached hydrogen (secondary N) is 1. The van der Waals surface area contributed by atoms with Crippen LogP contribution in [-0.2, 0) is 0 Å². The molecule has 0 saturated heterocycles. The molecule has 0 aliphatic heterocycles. The quantitative estimate of drug-likeness (QED) is 0.682. The van der Waals surface area contributed by atoms with Crippen LogP contribution in [0.25, 0.3) is 11.2 Å². The lowest BCUT2D eigenvalue weighted by Gasteiger charge is -2.04. The topological polar surface area (TPSA) is 80.5 Å². The molecule has 13 heavy (non-hydrogen) atoms. The third-order valence-corrected chi connectivity index (χ3v) is 1.87. The molecular weight excluding hydrogens is 166 g/mol. The molecule has 0 fully saturated rings. The predicted octanol–water partition coefficient (Wildman–Crippen LogP) is 1.06. The van der Waals surface area contributed by atoms with Crippen LogP contribution in [0, 0.1) is 0 Å². The molecule has 5 heteroatoms. The van der Waals surface area contributed by atoms with Crippen LogP contribution >= 0.6 is 0 Å². The second kappa shape index (κ2) is 2.69. The highest BCUT2D eigenvalue weighted by molar-refractivity contribution is 5.74. The zero-order valence-electron chi connectivity index (χ0n) is 7.57. The van der Waals surface area contributed by atoms with Gasteiger partial charge in [-0.2, -0.15) is 4.98 Å². The number of hydrogen-bond acceptors (Lipinski definition) is 4. The Hall–Kier alpha value is -1.65. The summed E-state index contributed by atoms with van der Waals surface area (Å²) in [6, 6.07) is 0. The maximum Gasteiger partial charge on any atom is 0.222 e. The van der Waals surface area contributed by atoms with E-state index >= 15 is 0 Å². The Morgan fingerprint density at radius 2 is 2.15 bits per heavy atom. The molecule has 0 aliphatic carbocycles.